The van der Waals surface area contributed by atoms with Gasteiger partial charge in [-0.05, 0) is 12.1 Å². The zero-order valence-corrected chi connectivity index (χ0v) is 14.0. The normalized spacial score (nSPS) is 10.3. The highest BCUT2D eigenvalue weighted by Gasteiger charge is 2.16. The van der Waals surface area contributed by atoms with Crippen molar-refractivity contribution in [2.75, 3.05) is 13.6 Å². The molecule has 3 rings (SSSR count). The lowest BCUT2D eigenvalue weighted by atomic mass is 10.1. The first-order valence-electron chi connectivity index (χ1n) is 7.87. The first kappa shape index (κ1) is 17.2. The Balaban J connectivity index is 1.60. The van der Waals surface area contributed by atoms with E-state index >= 15 is 0 Å². The third-order valence-corrected chi connectivity index (χ3v) is 3.53. The number of benzene rings is 1. The Hall–Kier alpha value is -3.62. The molecule has 0 atom stereocenters. The van der Waals surface area contributed by atoms with Crippen LogP contribution in [0.5, 0.6) is 0 Å². The SMILES string of the molecule is CNC(=O)c1ccccc1C(=O)NCCc1nc(-c2cnccn2)no1. The molecule has 9 heteroatoms. The molecule has 0 fully saturated rings. The minimum Gasteiger partial charge on any atom is -0.355 e. The molecular weight excluding hydrogens is 336 g/mol. The van der Waals surface area contributed by atoms with Crippen LogP contribution in [0, 0.1) is 0 Å². The number of nitrogens with one attached hydrogen (secondary N) is 2. The van der Waals surface area contributed by atoms with Gasteiger partial charge in [0.15, 0.2) is 0 Å². The van der Waals surface area contributed by atoms with Crippen molar-refractivity contribution in [3.8, 4) is 11.5 Å². The maximum atomic E-state index is 12.3. The third kappa shape index (κ3) is 3.89. The number of rotatable bonds is 6. The van der Waals surface area contributed by atoms with Crippen LogP contribution in [-0.4, -0.2) is 45.5 Å². The second-order valence-corrected chi connectivity index (χ2v) is 5.23. The van der Waals surface area contributed by atoms with Gasteiger partial charge in [-0.15, -0.1) is 0 Å². The number of aromatic nitrogens is 4. The molecular formula is C17H16N6O3. The number of nitrogens with zero attached hydrogens (tertiary/aromatic N) is 4. The van der Waals surface area contributed by atoms with Crippen LogP contribution in [0.15, 0.2) is 47.4 Å². The Bertz CT molecular complexity index is 910. The fourth-order valence-corrected chi connectivity index (χ4v) is 2.27. The lowest BCUT2D eigenvalue weighted by Crippen LogP contribution is -2.29. The zero-order valence-electron chi connectivity index (χ0n) is 14.0. The summed E-state index contributed by atoms with van der Waals surface area (Å²) in [5, 5.41) is 9.09. The highest BCUT2D eigenvalue weighted by Crippen LogP contribution is 2.11. The topological polar surface area (TPSA) is 123 Å². The van der Waals surface area contributed by atoms with Crippen molar-refractivity contribution in [3.63, 3.8) is 0 Å². The van der Waals surface area contributed by atoms with Crippen molar-refractivity contribution in [1.82, 2.24) is 30.7 Å². The van der Waals surface area contributed by atoms with Gasteiger partial charge in [-0.1, -0.05) is 17.3 Å². The summed E-state index contributed by atoms with van der Waals surface area (Å²) in [7, 11) is 1.52. The lowest BCUT2D eigenvalue weighted by molar-refractivity contribution is 0.0924. The van der Waals surface area contributed by atoms with Gasteiger partial charge in [0.2, 0.25) is 11.7 Å². The monoisotopic (exact) mass is 352 g/mol. The molecule has 0 saturated carbocycles. The number of hydrogen-bond donors (Lipinski definition) is 2. The number of amides is 2. The highest BCUT2D eigenvalue weighted by molar-refractivity contribution is 6.07. The Morgan fingerprint density at radius 1 is 1.12 bits per heavy atom. The number of carbonyl (C=O) groups is 2. The molecule has 0 saturated heterocycles. The summed E-state index contributed by atoms with van der Waals surface area (Å²) in [5.74, 6) is 0.0362. The quantitative estimate of drug-likeness (QED) is 0.674. The average molecular weight is 352 g/mol. The van der Waals surface area contributed by atoms with Crippen LogP contribution in [0.4, 0.5) is 0 Å². The van der Waals surface area contributed by atoms with E-state index in [2.05, 4.69) is 30.7 Å². The molecule has 26 heavy (non-hydrogen) atoms. The van der Waals surface area contributed by atoms with Crippen molar-refractivity contribution < 1.29 is 14.1 Å². The van der Waals surface area contributed by atoms with Crippen molar-refractivity contribution in [2.24, 2.45) is 0 Å². The summed E-state index contributed by atoms with van der Waals surface area (Å²) >= 11 is 0. The van der Waals surface area contributed by atoms with E-state index in [1.54, 1.807) is 30.5 Å². The molecule has 1 aromatic carbocycles. The second-order valence-electron chi connectivity index (χ2n) is 5.23. The van der Waals surface area contributed by atoms with Crippen molar-refractivity contribution in [1.29, 1.82) is 0 Å². The van der Waals surface area contributed by atoms with E-state index in [0.29, 0.717) is 35.0 Å². The van der Waals surface area contributed by atoms with Crippen molar-refractivity contribution in [2.45, 2.75) is 6.42 Å². The van der Waals surface area contributed by atoms with E-state index < -0.39 is 0 Å². The Kier molecular flexibility index (Phi) is 5.28. The predicted molar refractivity (Wildman–Crippen MR) is 91.2 cm³/mol. The summed E-state index contributed by atoms with van der Waals surface area (Å²) < 4.78 is 5.14. The Labute approximate surface area is 148 Å². The van der Waals surface area contributed by atoms with Gasteiger partial charge in [-0.2, -0.15) is 4.98 Å². The molecule has 0 aliphatic rings. The maximum absolute atomic E-state index is 12.3. The van der Waals surface area contributed by atoms with Crippen LogP contribution < -0.4 is 10.6 Å². The molecule has 2 heterocycles. The maximum Gasteiger partial charge on any atom is 0.252 e. The van der Waals surface area contributed by atoms with Crippen LogP contribution in [0.1, 0.15) is 26.6 Å². The third-order valence-electron chi connectivity index (χ3n) is 3.53. The van der Waals surface area contributed by atoms with Gasteiger partial charge in [-0.25, -0.2) is 4.98 Å². The van der Waals surface area contributed by atoms with E-state index in [9.17, 15) is 9.59 Å². The molecule has 2 N–H and O–H groups in total. The van der Waals surface area contributed by atoms with Gasteiger partial charge >= 0.3 is 0 Å². The van der Waals surface area contributed by atoms with E-state index in [1.807, 2.05) is 0 Å². The number of carbonyl (C=O) groups excluding carboxylic acids is 2. The molecule has 0 bridgehead atoms. The molecule has 3 aromatic rings. The largest absolute Gasteiger partial charge is 0.355 e. The smallest absolute Gasteiger partial charge is 0.252 e. The number of hydrogen-bond acceptors (Lipinski definition) is 7. The van der Waals surface area contributed by atoms with Gasteiger partial charge in [0, 0.05) is 32.4 Å². The molecule has 0 spiro atoms. The molecule has 132 valence electrons. The van der Waals surface area contributed by atoms with Gasteiger partial charge in [0.25, 0.3) is 11.8 Å². The Morgan fingerprint density at radius 2 is 1.88 bits per heavy atom. The summed E-state index contributed by atoms with van der Waals surface area (Å²) in [6.45, 7) is 0.281. The van der Waals surface area contributed by atoms with Gasteiger partial charge < -0.3 is 15.2 Å². The lowest BCUT2D eigenvalue weighted by Gasteiger charge is -2.08. The van der Waals surface area contributed by atoms with Gasteiger partial charge in [0.1, 0.15) is 5.69 Å². The molecule has 0 radical (unpaired) electrons. The van der Waals surface area contributed by atoms with E-state index in [4.69, 9.17) is 4.52 Å². The van der Waals surface area contributed by atoms with Crippen LogP contribution in [0.2, 0.25) is 0 Å². The minimum atomic E-state index is -0.349. The standard InChI is InChI=1S/C17H16N6O3/c1-18-16(24)11-4-2-3-5-12(11)17(25)21-7-6-14-22-15(23-26-14)13-10-19-8-9-20-13/h2-5,8-10H,6-7H2,1H3,(H,18,24)(H,21,25). The summed E-state index contributed by atoms with van der Waals surface area (Å²) in [6.07, 6.45) is 4.97. The van der Waals surface area contributed by atoms with Crippen molar-refractivity contribution in [3.05, 3.63) is 59.9 Å². The fraction of sp³-hybridized carbons (Fsp3) is 0.176. The van der Waals surface area contributed by atoms with Gasteiger partial charge in [0.05, 0.1) is 17.3 Å². The van der Waals surface area contributed by atoms with Crippen LogP contribution >= 0.6 is 0 Å². The average Bonchev–Trinajstić information content (AvgIpc) is 3.17. The first-order valence-corrected chi connectivity index (χ1v) is 7.87. The van der Waals surface area contributed by atoms with Crippen LogP contribution in [0.25, 0.3) is 11.5 Å². The minimum absolute atomic E-state index is 0.281. The highest BCUT2D eigenvalue weighted by atomic mass is 16.5. The van der Waals surface area contributed by atoms with E-state index in [0.717, 1.165) is 0 Å². The van der Waals surface area contributed by atoms with Crippen LogP contribution in [0.3, 0.4) is 0 Å². The Morgan fingerprint density at radius 3 is 2.58 bits per heavy atom. The second kappa shape index (κ2) is 7.97. The predicted octanol–water partition coefficient (Wildman–Crippen LogP) is 0.859. The van der Waals surface area contributed by atoms with Crippen LogP contribution in [-0.2, 0) is 6.42 Å². The fourth-order valence-electron chi connectivity index (χ4n) is 2.27. The molecule has 2 aromatic heterocycles. The molecule has 0 aliphatic heterocycles. The molecule has 0 unspecified atom stereocenters. The zero-order chi connectivity index (χ0) is 18.4. The summed E-state index contributed by atoms with van der Waals surface area (Å²) in [6, 6.07) is 6.60. The van der Waals surface area contributed by atoms with Gasteiger partial charge in [-0.3, -0.25) is 14.6 Å². The molecule has 0 aliphatic carbocycles. The first-order chi connectivity index (χ1) is 12.7. The summed E-state index contributed by atoms with van der Waals surface area (Å²) in [4.78, 5) is 36.4. The molecule has 9 nitrogen and oxygen atoms in total. The van der Waals surface area contributed by atoms with E-state index in [1.165, 1.54) is 19.4 Å². The van der Waals surface area contributed by atoms with E-state index in [-0.39, 0.29) is 18.4 Å². The van der Waals surface area contributed by atoms with Crippen molar-refractivity contribution >= 4 is 11.8 Å². The summed E-state index contributed by atoms with van der Waals surface area (Å²) in [5.41, 5.74) is 1.12. The molecule has 2 amide bonds.